The number of nitrogens with two attached hydrogens (primary N) is 1. The molecule has 5 nitrogen and oxygen atoms in total. The van der Waals surface area contributed by atoms with Gasteiger partial charge in [0.25, 0.3) is 0 Å². The second kappa shape index (κ2) is 6.54. The minimum absolute atomic E-state index is 0.612. The molecule has 1 saturated carbocycles. The maximum atomic E-state index is 5.61. The molecule has 0 amide bonds. The van der Waals surface area contributed by atoms with E-state index in [4.69, 9.17) is 10.5 Å². The molecule has 0 aromatic carbocycles. The molecule has 2 N–H and O–H groups in total. The topological polar surface area (TPSA) is 64.3 Å². The van der Waals surface area contributed by atoms with Gasteiger partial charge < -0.3 is 15.4 Å². The first-order valence-electron chi connectivity index (χ1n) is 6.76. The molecule has 1 aromatic rings. The maximum absolute atomic E-state index is 5.61. The zero-order valence-corrected chi connectivity index (χ0v) is 11.0. The number of aromatic nitrogens is 2. The SMILES string of the molecule is CCOc1cc(N(CCCN)C2CCC2)ncn1. The monoisotopic (exact) mass is 250 g/mol. The summed E-state index contributed by atoms with van der Waals surface area (Å²) in [6, 6.07) is 2.54. The average molecular weight is 250 g/mol. The number of hydrogen-bond acceptors (Lipinski definition) is 5. The number of nitrogens with zero attached hydrogens (tertiary/aromatic N) is 3. The molecule has 0 atom stereocenters. The van der Waals surface area contributed by atoms with E-state index in [-0.39, 0.29) is 0 Å². The highest BCUT2D eigenvalue weighted by Crippen LogP contribution is 2.29. The first-order chi connectivity index (χ1) is 8.85. The van der Waals surface area contributed by atoms with Crippen molar-refractivity contribution in [2.75, 3.05) is 24.6 Å². The molecule has 0 spiro atoms. The van der Waals surface area contributed by atoms with E-state index in [1.54, 1.807) is 6.33 Å². The van der Waals surface area contributed by atoms with Gasteiger partial charge in [-0.2, -0.15) is 0 Å². The van der Waals surface area contributed by atoms with Crippen molar-refractivity contribution in [2.24, 2.45) is 5.73 Å². The van der Waals surface area contributed by atoms with Crippen LogP contribution in [0.5, 0.6) is 5.88 Å². The smallest absolute Gasteiger partial charge is 0.218 e. The molecule has 5 heteroatoms. The Morgan fingerprint density at radius 2 is 2.28 bits per heavy atom. The van der Waals surface area contributed by atoms with Crippen LogP contribution in [-0.4, -0.2) is 35.7 Å². The van der Waals surface area contributed by atoms with Crippen molar-refractivity contribution < 1.29 is 4.74 Å². The molecule has 0 radical (unpaired) electrons. The molecule has 18 heavy (non-hydrogen) atoms. The van der Waals surface area contributed by atoms with Crippen LogP contribution in [0, 0.1) is 0 Å². The summed E-state index contributed by atoms with van der Waals surface area (Å²) in [5.41, 5.74) is 5.61. The van der Waals surface area contributed by atoms with Crippen molar-refractivity contribution in [3.8, 4) is 5.88 Å². The highest BCUT2D eigenvalue weighted by Gasteiger charge is 2.25. The third-order valence-corrected chi connectivity index (χ3v) is 3.33. The van der Waals surface area contributed by atoms with Crippen LogP contribution in [0.4, 0.5) is 5.82 Å². The Kier molecular flexibility index (Phi) is 4.75. The van der Waals surface area contributed by atoms with Crippen LogP contribution in [0.2, 0.25) is 0 Å². The lowest BCUT2D eigenvalue weighted by Crippen LogP contribution is -2.41. The Labute approximate surface area is 108 Å². The lowest BCUT2D eigenvalue weighted by Gasteiger charge is -2.38. The molecule has 1 aliphatic carbocycles. The van der Waals surface area contributed by atoms with Gasteiger partial charge in [0.15, 0.2) is 0 Å². The first kappa shape index (κ1) is 13.1. The molecular weight excluding hydrogens is 228 g/mol. The highest BCUT2D eigenvalue weighted by atomic mass is 16.5. The molecular formula is C13H22N4O. The Balaban J connectivity index is 2.10. The van der Waals surface area contributed by atoms with Crippen LogP contribution < -0.4 is 15.4 Å². The summed E-state index contributed by atoms with van der Waals surface area (Å²) in [7, 11) is 0. The van der Waals surface area contributed by atoms with Crippen LogP contribution in [0.25, 0.3) is 0 Å². The second-order valence-corrected chi connectivity index (χ2v) is 4.57. The van der Waals surface area contributed by atoms with E-state index in [0.717, 1.165) is 18.8 Å². The van der Waals surface area contributed by atoms with Crippen molar-refractivity contribution in [3.05, 3.63) is 12.4 Å². The molecule has 100 valence electrons. The summed E-state index contributed by atoms with van der Waals surface area (Å²) in [6.07, 6.45) is 6.38. The van der Waals surface area contributed by atoms with E-state index >= 15 is 0 Å². The predicted octanol–water partition coefficient (Wildman–Crippen LogP) is 1.58. The van der Waals surface area contributed by atoms with Gasteiger partial charge in [-0.05, 0) is 39.2 Å². The minimum Gasteiger partial charge on any atom is -0.478 e. The number of ether oxygens (including phenoxy) is 1. The van der Waals surface area contributed by atoms with Gasteiger partial charge in [0.05, 0.1) is 6.61 Å². The highest BCUT2D eigenvalue weighted by molar-refractivity contribution is 5.42. The van der Waals surface area contributed by atoms with Crippen molar-refractivity contribution in [1.82, 2.24) is 9.97 Å². The third kappa shape index (κ3) is 3.10. The van der Waals surface area contributed by atoms with Crippen LogP contribution in [0.3, 0.4) is 0 Å². The Morgan fingerprint density at radius 1 is 1.44 bits per heavy atom. The number of anilines is 1. The normalized spacial score (nSPS) is 15.2. The van der Waals surface area contributed by atoms with Gasteiger partial charge in [0, 0.05) is 18.7 Å². The van der Waals surface area contributed by atoms with E-state index in [0.29, 0.717) is 25.1 Å². The molecule has 1 aromatic heterocycles. The zero-order chi connectivity index (χ0) is 12.8. The van der Waals surface area contributed by atoms with Gasteiger partial charge >= 0.3 is 0 Å². The third-order valence-electron chi connectivity index (χ3n) is 3.33. The Morgan fingerprint density at radius 3 is 2.89 bits per heavy atom. The fraction of sp³-hybridized carbons (Fsp3) is 0.692. The predicted molar refractivity (Wildman–Crippen MR) is 71.9 cm³/mol. The standard InChI is InChI=1S/C13H22N4O/c1-2-18-13-9-12(15-10-16-13)17(8-4-7-14)11-5-3-6-11/h9-11H,2-8,14H2,1H3. The van der Waals surface area contributed by atoms with Crippen LogP contribution >= 0.6 is 0 Å². The summed E-state index contributed by atoms with van der Waals surface area (Å²) < 4.78 is 5.43. The lowest BCUT2D eigenvalue weighted by atomic mass is 9.91. The van der Waals surface area contributed by atoms with E-state index in [1.807, 2.05) is 13.0 Å². The Hall–Kier alpha value is -1.36. The largest absolute Gasteiger partial charge is 0.478 e. The Bertz CT molecular complexity index is 368. The minimum atomic E-state index is 0.612. The molecule has 0 bridgehead atoms. The molecule has 2 rings (SSSR count). The van der Waals surface area contributed by atoms with E-state index in [2.05, 4.69) is 14.9 Å². The molecule has 1 fully saturated rings. The van der Waals surface area contributed by atoms with E-state index in [9.17, 15) is 0 Å². The maximum Gasteiger partial charge on any atom is 0.218 e. The van der Waals surface area contributed by atoms with Crippen molar-refractivity contribution in [2.45, 2.75) is 38.6 Å². The molecule has 0 unspecified atom stereocenters. The second-order valence-electron chi connectivity index (χ2n) is 4.57. The van der Waals surface area contributed by atoms with Gasteiger partial charge in [-0.15, -0.1) is 0 Å². The zero-order valence-electron chi connectivity index (χ0n) is 11.0. The van der Waals surface area contributed by atoms with Gasteiger partial charge in [0.2, 0.25) is 5.88 Å². The van der Waals surface area contributed by atoms with Crippen molar-refractivity contribution in [3.63, 3.8) is 0 Å². The van der Waals surface area contributed by atoms with Gasteiger partial charge in [-0.3, -0.25) is 0 Å². The van der Waals surface area contributed by atoms with Crippen molar-refractivity contribution >= 4 is 5.82 Å². The summed E-state index contributed by atoms with van der Waals surface area (Å²) in [5, 5.41) is 0. The fourth-order valence-corrected chi connectivity index (χ4v) is 2.16. The lowest BCUT2D eigenvalue weighted by molar-refractivity contribution is 0.325. The average Bonchev–Trinajstić information content (AvgIpc) is 2.33. The summed E-state index contributed by atoms with van der Waals surface area (Å²) in [5.74, 6) is 1.62. The molecule has 0 aliphatic heterocycles. The van der Waals surface area contributed by atoms with Crippen molar-refractivity contribution in [1.29, 1.82) is 0 Å². The van der Waals surface area contributed by atoms with Crippen LogP contribution in [-0.2, 0) is 0 Å². The number of rotatable bonds is 7. The molecule has 0 saturated heterocycles. The summed E-state index contributed by atoms with van der Waals surface area (Å²) >= 11 is 0. The van der Waals surface area contributed by atoms with E-state index in [1.165, 1.54) is 19.3 Å². The van der Waals surface area contributed by atoms with Gasteiger partial charge in [-0.25, -0.2) is 9.97 Å². The van der Waals surface area contributed by atoms with Gasteiger partial charge in [0.1, 0.15) is 12.1 Å². The summed E-state index contributed by atoms with van der Waals surface area (Å²) in [4.78, 5) is 10.8. The number of hydrogen-bond donors (Lipinski definition) is 1. The molecule has 1 aliphatic rings. The molecule has 1 heterocycles. The van der Waals surface area contributed by atoms with Gasteiger partial charge in [-0.1, -0.05) is 0 Å². The summed E-state index contributed by atoms with van der Waals surface area (Å²) in [6.45, 7) is 4.26. The fourth-order valence-electron chi connectivity index (χ4n) is 2.16. The first-order valence-corrected chi connectivity index (χ1v) is 6.76. The van der Waals surface area contributed by atoms with Crippen LogP contribution in [0.1, 0.15) is 32.6 Å². The van der Waals surface area contributed by atoms with Crippen LogP contribution in [0.15, 0.2) is 12.4 Å². The quantitative estimate of drug-likeness (QED) is 0.796. The van der Waals surface area contributed by atoms with E-state index < -0.39 is 0 Å².